The molecule has 1 aliphatic heterocycles. The zero-order valence-corrected chi connectivity index (χ0v) is 19.2. The summed E-state index contributed by atoms with van der Waals surface area (Å²) in [6.07, 6.45) is 4.19. The summed E-state index contributed by atoms with van der Waals surface area (Å²) in [5, 5.41) is 9.04. The first kappa shape index (κ1) is 22.4. The van der Waals surface area contributed by atoms with Crippen LogP contribution >= 0.6 is 23.5 Å². The van der Waals surface area contributed by atoms with Gasteiger partial charge in [-0.25, -0.2) is 4.39 Å². The van der Waals surface area contributed by atoms with Crippen molar-refractivity contribution < 1.29 is 9.18 Å². The minimum atomic E-state index is -0.242. The predicted octanol–water partition coefficient (Wildman–Crippen LogP) is 6.71. The summed E-state index contributed by atoms with van der Waals surface area (Å²) in [5.74, 6) is 1.04. The van der Waals surface area contributed by atoms with E-state index in [0.717, 1.165) is 52.6 Å². The fourth-order valence-corrected chi connectivity index (χ4v) is 5.68. The van der Waals surface area contributed by atoms with Crippen LogP contribution in [0.3, 0.4) is 0 Å². The SMILES string of the molecule is N#CN1CCC(CCSC(=O)c2ccc(-c3ccccc3Sc3ccc(F)cc3)cc2)C1. The topological polar surface area (TPSA) is 44.1 Å². The average Bonchev–Trinajstić information content (AvgIpc) is 3.29. The maximum absolute atomic E-state index is 13.2. The van der Waals surface area contributed by atoms with Gasteiger partial charge >= 0.3 is 0 Å². The molecule has 1 aliphatic rings. The van der Waals surface area contributed by atoms with Crippen LogP contribution < -0.4 is 0 Å². The average molecular weight is 463 g/mol. The van der Waals surface area contributed by atoms with Crippen LogP contribution in [0, 0.1) is 23.2 Å². The van der Waals surface area contributed by atoms with Gasteiger partial charge in [-0.1, -0.05) is 53.9 Å². The minimum absolute atomic E-state index is 0.0839. The third kappa shape index (κ3) is 5.73. The Kier molecular flexibility index (Phi) is 7.51. The number of halogens is 1. The first-order valence-electron chi connectivity index (χ1n) is 10.6. The molecule has 1 unspecified atom stereocenters. The molecule has 162 valence electrons. The molecule has 0 amide bonds. The molecule has 0 spiro atoms. The van der Waals surface area contributed by atoms with Gasteiger partial charge in [0.05, 0.1) is 0 Å². The highest BCUT2D eigenvalue weighted by molar-refractivity contribution is 8.14. The Bertz CT molecular complexity index is 1110. The molecule has 0 saturated carbocycles. The Balaban J connectivity index is 1.38. The lowest BCUT2D eigenvalue weighted by atomic mass is 10.0. The monoisotopic (exact) mass is 462 g/mol. The van der Waals surface area contributed by atoms with E-state index in [1.165, 1.54) is 23.9 Å². The molecule has 0 N–H and O–H groups in total. The van der Waals surface area contributed by atoms with Crippen molar-refractivity contribution in [3.8, 4) is 17.3 Å². The van der Waals surface area contributed by atoms with Gasteiger partial charge in [0.1, 0.15) is 5.82 Å². The second kappa shape index (κ2) is 10.7. The largest absolute Gasteiger partial charge is 0.310 e. The first-order chi connectivity index (χ1) is 15.6. The molecule has 3 aromatic rings. The summed E-state index contributed by atoms with van der Waals surface area (Å²) in [6, 6.07) is 22.3. The Labute approximate surface area is 196 Å². The molecule has 1 saturated heterocycles. The van der Waals surface area contributed by atoms with Crippen molar-refractivity contribution in [3.63, 3.8) is 0 Å². The van der Waals surface area contributed by atoms with E-state index in [0.29, 0.717) is 11.5 Å². The molecule has 0 aliphatic carbocycles. The Morgan fingerprint density at radius 1 is 1.06 bits per heavy atom. The summed E-state index contributed by atoms with van der Waals surface area (Å²) in [7, 11) is 0. The van der Waals surface area contributed by atoms with E-state index in [2.05, 4.69) is 18.3 Å². The van der Waals surface area contributed by atoms with Crippen LogP contribution in [0.25, 0.3) is 11.1 Å². The second-order valence-corrected chi connectivity index (χ2v) is 9.94. The van der Waals surface area contributed by atoms with Gasteiger partial charge in [-0.2, -0.15) is 5.26 Å². The molecular formula is C26H23FN2OS2. The number of hydrogen-bond acceptors (Lipinski definition) is 5. The third-order valence-electron chi connectivity index (χ3n) is 5.55. The maximum Gasteiger partial charge on any atom is 0.219 e. The number of nitriles is 1. The summed E-state index contributed by atoms with van der Waals surface area (Å²) in [5.41, 5.74) is 2.82. The molecule has 0 bridgehead atoms. The second-order valence-electron chi connectivity index (χ2n) is 7.75. The Morgan fingerprint density at radius 3 is 2.53 bits per heavy atom. The van der Waals surface area contributed by atoms with Crippen molar-refractivity contribution in [3.05, 3.63) is 84.2 Å². The van der Waals surface area contributed by atoms with Crippen molar-refractivity contribution in [2.75, 3.05) is 18.8 Å². The highest BCUT2D eigenvalue weighted by atomic mass is 32.2. The molecule has 1 fully saturated rings. The van der Waals surface area contributed by atoms with Gasteiger partial charge < -0.3 is 4.90 Å². The van der Waals surface area contributed by atoms with E-state index in [4.69, 9.17) is 5.26 Å². The van der Waals surface area contributed by atoms with Gasteiger partial charge in [-0.05, 0) is 72.4 Å². The van der Waals surface area contributed by atoms with Gasteiger partial charge in [0, 0.05) is 34.2 Å². The lowest BCUT2D eigenvalue weighted by molar-refractivity contribution is 0.108. The van der Waals surface area contributed by atoms with Gasteiger partial charge in [-0.3, -0.25) is 4.79 Å². The van der Waals surface area contributed by atoms with Gasteiger partial charge in [0.15, 0.2) is 6.19 Å². The zero-order valence-electron chi connectivity index (χ0n) is 17.5. The van der Waals surface area contributed by atoms with Crippen molar-refractivity contribution in [1.29, 1.82) is 5.26 Å². The van der Waals surface area contributed by atoms with Crippen LogP contribution in [0.5, 0.6) is 0 Å². The van der Waals surface area contributed by atoms with Crippen LogP contribution in [0.2, 0.25) is 0 Å². The van der Waals surface area contributed by atoms with Crippen LogP contribution in [0.4, 0.5) is 4.39 Å². The number of likely N-dealkylation sites (tertiary alicyclic amines) is 1. The van der Waals surface area contributed by atoms with Crippen LogP contribution in [-0.4, -0.2) is 28.9 Å². The van der Waals surface area contributed by atoms with Gasteiger partial charge in [-0.15, -0.1) is 0 Å². The zero-order chi connectivity index (χ0) is 22.3. The Hall–Kier alpha value is -2.75. The third-order valence-corrected chi connectivity index (χ3v) is 7.57. The summed E-state index contributed by atoms with van der Waals surface area (Å²) in [6.45, 7) is 1.65. The highest BCUT2D eigenvalue weighted by Gasteiger charge is 2.21. The van der Waals surface area contributed by atoms with Crippen molar-refractivity contribution in [2.24, 2.45) is 5.92 Å². The fourth-order valence-electron chi connectivity index (χ4n) is 3.77. The van der Waals surface area contributed by atoms with Crippen molar-refractivity contribution in [2.45, 2.75) is 22.6 Å². The quantitative estimate of drug-likeness (QED) is 0.365. The van der Waals surface area contributed by atoms with E-state index in [1.807, 2.05) is 36.4 Å². The summed E-state index contributed by atoms with van der Waals surface area (Å²) < 4.78 is 13.2. The van der Waals surface area contributed by atoms with Crippen molar-refractivity contribution in [1.82, 2.24) is 4.90 Å². The number of nitrogens with zero attached hydrogens (tertiary/aromatic N) is 2. The first-order valence-corrected chi connectivity index (χ1v) is 12.4. The number of hydrogen-bond donors (Lipinski definition) is 0. The molecule has 6 heteroatoms. The molecular weight excluding hydrogens is 439 g/mol. The maximum atomic E-state index is 13.2. The number of carbonyl (C=O) groups excluding carboxylic acids is 1. The van der Waals surface area contributed by atoms with Crippen molar-refractivity contribution >= 4 is 28.6 Å². The lowest BCUT2D eigenvalue weighted by Crippen LogP contribution is -2.13. The minimum Gasteiger partial charge on any atom is -0.310 e. The van der Waals surface area contributed by atoms with E-state index in [-0.39, 0.29) is 10.9 Å². The lowest BCUT2D eigenvalue weighted by Gasteiger charge is -2.11. The number of benzene rings is 3. The number of thioether (sulfide) groups is 1. The molecule has 4 rings (SSSR count). The van der Waals surface area contributed by atoms with E-state index < -0.39 is 0 Å². The molecule has 0 radical (unpaired) electrons. The van der Waals surface area contributed by atoms with Crippen LogP contribution in [0.1, 0.15) is 23.2 Å². The molecule has 32 heavy (non-hydrogen) atoms. The fraction of sp³-hybridized carbons (Fsp3) is 0.231. The smallest absolute Gasteiger partial charge is 0.219 e. The van der Waals surface area contributed by atoms with E-state index in [9.17, 15) is 9.18 Å². The molecule has 3 nitrogen and oxygen atoms in total. The predicted molar refractivity (Wildman–Crippen MR) is 129 cm³/mol. The standard InChI is InChI=1S/C26H23FN2OS2/c27-22-9-11-23(12-10-22)32-25-4-2-1-3-24(25)20-5-7-21(8-6-20)26(30)31-16-14-19-13-15-29(17-19)18-28/h1-12,19H,13-17H2. The van der Waals surface area contributed by atoms with Gasteiger partial charge in [0.25, 0.3) is 0 Å². The Morgan fingerprint density at radius 2 is 1.81 bits per heavy atom. The van der Waals surface area contributed by atoms with E-state index >= 15 is 0 Å². The molecule has 1 heterocycles. The molecule has 3 aromatic carbocycles. The van der Waals surface area contributed by atoms with Crippen LogP contribution in [0.15, 0.2) is 82.6 Å². The summed E-state index contributed by atoms with van der Waals surface area (Å²) >= 11 is 2.95. The summed E-state index contributed by atoms with van der Waals surface area (Å²) in [4.78, 5) is 16.4. The molecule has 1 atom stereocenters. The number of rotatable bonds is 7. The number of carbonyl (C=O) groups is 1. The highest BCUT2D eigenvalue weighted by Crippen LogP contribution is 2.36. The van der Waals surface area contributed by atoms with Crippen LogP contribution in [-0.2, 0) is 0 Å². The molecule has 0 aromatic heterocycles. The normalized spacial score (nSPS) is 15.5. The van der Waals surface area contributed by atoms with E-state index in [1.54, 1.807) is 28.8 Å². The van der Waals surface area contributed by atoms with Gasteiger partial charge in [0.2, 0.25) is 5.12 Å².